The van der Waals surface area contributed by atoms with Crippen molar-refractivity contribution in [3.05, 3.63) is 42.1 Å². The summed E-state index contributed by atoms with van der Waals surface area (Å²) in [5, 5.41) is 1.35. The molecule has 2 rings (SSSR count). The summed E-state index contributed by atoms with van der Waals surface area (Å²) in [5.41, 5.74) is 2.36. The molecule has 17 heavy (non-hydrogen) atoms. The van der Waals surface area contributed by atoms with Crippen LogP contribution in [0.25, 0.3) is 10.9 Å². The number of para-hydroxylation sites is 1. The largest absolute Gasteiger partial charge is 0.256 e. The first-order chi connectivity index (χ1) is 8.11. The van der Waals surface area contributed by atoms with Crippen LogP contribution in [0.2, 0.25) is 0 Å². The second kappa shape index (κ2) is 5.05. The summed E-state index contributed by atoms with van der Waals surface area (Å²) >= 11 is 6.35. The number of pyridine rings is 1. The van der Waals surface area contributed by atoms with Gasteiger partial charge in [0.05, 0.1) is 5.52 Å². The molecule has 0 aliphatic rings. The van der Waals surface area contributed by atoms with E-state index in [-0.39, 0.29) is 5.38 Å². The number of alkyl halides is 1. The van der Waals surface area contributed by atoms with Crippen LogP contribution in [0.3, 0.4) is 0 Å². The van der Waals surface area contributed by atoms with E-state index in [0.29, 0.717) is 11.8 Å². The van der Waals surface area contributed by atoms with Gasteiger partial charge in [-0.15, -0.1) is 11.6 Å². The summed E-state index contributed by atoms with van der Waals surface area (Å²) in [6, 6.07) is 10.4. The van der Waals surface area contributed by atoms with Crippen LogP contribution in [0.1, 0.15) is 32.3 Å². The van der Waals surface area contributed by atoms with E-state index in [0.717, 1.165) is 5.52 Å². The zero-order valence-corrected chi connectivity index (χ0v) is 11.3. The number of hydrogen-bond donors (Lipinski definition) is 0. The van der Waals surface area contributed by atoms with E-state index in [1.807, 2.05) is 12.3 Å². The zero-order valence-electron chi connectivity index (χ0n) is 10.5. The highest BCUT2D eigenvalue weighted by atomic mass is 35.5. The smallest absolute Gasteiger partial charge is 0.0704 e. The van der Waals surface area contributed by atoms with Crippen LogP contribution in [0.4, 0.5) is 0 Å². The second-order valence-electron chi connectivity index (χ2n) is 4.86. The molecule has 0 saturated carbocycles. The highest BCUT2D eigenvalue weighted by Gasteiger charge is 2.22. The summed E-state index contributed by atoms with van der Waals surface area (Å²) in [7, 11) is 0. The number of aromatic nitrogens is 1. The summed E-state index contributed by atoms with van der Waals surface area (Å²) in [4.78, 5) is 4.40. The number of fused-ring (bicyclic) bond motifs is 1. The molecule has 2 atom stereocenters. The van der Waals surface area contributed by atoms with Crippen LogP contribution in [0, 0.1) is 5.92 Å². The quantitative estimate of drug-likeness (QED) is 0.723. The summed E-state index contributed by atoms with van der Waals surface area (Å²) in [5.74, 6) is 0.887. The number of rotatable bonds is 3. The lowest BCUT2D eigenvalue weighted by Crippen LogP contribution is -2.16. The van der Waals surface area contributed by atoms with Crippen molar-refractivity contribution < 1.29 is 0 Å². The van der Waals surface area contributed by atoms with Crippen molar-refractivity contribution in [2.45, 2.75) is 32.1 Å². The number of nitrogens with zero attached hydrogens (tertiary/aromatic N) is 1. The third-order valence-electron chi connectivity index (χ3n) is 3.25. The first-order valence-electron chi connectivity index (χ1n) is 6.09. The normalized spacial score (nSPS) is 15.1. The molecule has 1 aromatic heterocycles. The highest BCUT2D eigenvalue weighted by Crippen LogP contribution is 2.34. The molecule has 1 heterocycles. The van der Waals surface area contributed by atoms with Crippen LogP contribution in [0.15, 0.2) is 36.5 Å². The third kappa shape index (κ3) is 2.44. The topological polar surface area (TPSA) is 12.9 Å². The number of hydrogen-bond acceptors (Lipinski definition) is 1. The SMILES string of the molecule is CC(C)C(c1ccnc2ccccc12)C(C)Cl. The van der Waals surface area contributed by atoms with Crippen molar-refractivity contribution in [2.75, 3.05) is 0 Å². The van der Waals surface area contributed by atoms with E-state index < -0.39 is 0 Å². The standard InChI is InChI=1S/C15H18ClN/c1-10(2)15(11(3)16)13-8-9-17-14-7-5-4-6-12(13)14/h4-11,15H,1-3H3. The Morgan fingerprint density at radius 2 is 1.76 bits per heavy atom. The predicted molar refractivity (Wildman–Crippen MR) is 74.6 cm³/mol. The third-order valence-corrected chi connectivity index (χ3v) is 3.53. The van der Waals surface area contributed by atoms with Crippen molar-refractivity contribution in [3.63, 3.8) is 0 Å². The summed E-state index contributed by atoms with van der Waals surface area (Å²) in [6.45, 7) is 6.51. The molecule has 0 aliphatic carbocycles. The van der Waals surface area contributed by atoms with E-state index in [4.69, 9.17) is 11.6 Å². The number of halogens is 1. The maximum absolute atomic E-state index is 6.35. The van der Waals surface area contributed by atoms with Crippen LogP contribution >= 0.6 is 11.6 Å². The van der Waals surface area contributed by atoms with Crippen molar-refractivity contribution >= 4 is 22.5 Å². The summed E-state index contributed by atoms with van der Waals surface area (Å²) < 4.78 is 0. The number of benzene rings is 1. The molecule has 2 unspecified atom stereocenters. The lowest BCUT2D eigenvalue weighted by atomic mass is 9.84. The Labute approximate surface area is 108 Å². The van der Waals surface area contributed by atoms with Gasteiger partial charge >= 0.3 is 0 Å². The van der Waals surface area contributed by atoms with Crippen molar-refractivity contribution in [1.82, 2.24) is 4.98 Å². The maximum atomic E-state index is 6.35. The molecule has 0 N–H and O–H groups in total. The molecule has 90 valence electrons. The molecule has 2 aromatic rings. The molecule has 2 heteroatoms. The van der Waals surface area contributed by atoms with Crippen LogP contribution in [0.5, 0.6) is 0 Å². The molecule has 0 fully saturated rings. The second-order valence-corrected chi connectivity index (χ2v) is 5.55. The van der Waals surface area contributed by atoms with E-state index in [2.05, 4.69) is 50.0 Å². The minimum Gasteiger partial charge on any atom is -0.256 e. The highest BCUT2D eigenvalue weighted by molar-refractivity contribution is 6.21. The van der Waals surface area contributed by atoms with Gasteiger partial charge in [-0.1, -0.05) is 32.0 Å². The molecule has 0 bridgehead atoms. The van der Waals surface area contributed by atoms with Gasteiger partial charge < -0.3 is 0 Å². The Morgan fingerprint density at radius 3 is 2.41 bits per heavy atom. The Hall–Kier alpha value is -1.08. The Morgan fingerprint density at radius 1 is 1.06 bits per heavy atom. The van der Waals surface area contributed by atoms with E-state index in [1.54, 1.807) is 0 Å². The molecule has 1 aromatic carbocycles. The van der Waals surface area contributed by atoms with Crippen LogP contribution in [-0.2, 0) is 0 Å². The van der Waals surface area contributed by atoms with Gasteiger partial charge in [0.25, 0.3) is 0 Å². The van der Waals surface area contributed by atoms with Gasteiger partial charge in [0.15, 0.2) is 0 Å². The zero-order chi connectivity index (χ0) is 12.4. The molecule has 0 radical (unpaired) electrons. The molecule has 0 spiro atoms. The van der Waals surface area contributed by atoms with Gasteiger partial charge in [0.2, 0.25) is 0 Å². The molecule has 0 saturated heterocycles. The van der Waals surface area contributed by atoms with Crippen molar-refractivity contribution in [3.8, 4) is 0 Å². The minimum atomic E-state index is 0.126. The Balaban J connectivity index is 2.61. The van der Waals surface area contributed by atoms with E-state index >= 15 is 0 Å². The van der Waals surface area contributed by atoms with Crippen molar-refractivity contribution in [2.24, 2.45) is 5.92 Å². The van der Waals surface area contributed by atoms with Crippen LogP contribution in [-0.4, -0.2) is 10.4 Å². The fourth-order valence-electron chi connectivity index (χ4n) is 2.55. The Bertz CT molecular complexity index is 492. The molecule has 0 aliphatic heterocycles. The van der Waals surface area contributed by atoms with E-state index in [1.165, 1.54) is 10.9 Å². The fourth-order valence-corrected chi connectivity index (χ4v) is 2.97. The fraction of sp³-hybridized carbons (Fsp3) is 0.400. The van der Waals surface area contributed by atoms with Gasteiger partial charge in [0, 0.05) is 22.9 Å². The first-order valence-corrected chi connectivity index (χ1v) is 6.52. The maximum Gasteiger partial charge on any atom is 0.0704 e. The van der Waals surface area contributed by atoms with Gasteiger partial charge in [0.1, 0.15) is 0 Å². The molecule has 0 amide bonds. The van der Waals surface area contributed by atoms with Crippen molar-refractivity contribution in [1.29, 1.82) is 0 Å². The van der Waals surface area contributed by atoms with Gasteiger partial charge in [-0.25, -0.2) is 0 Å². The van der Waals surface area contributed by atoms with E-state index in [9.17, 15) is 0 Å². The van der Waals surface area contributed by atoms with Gasteiger partial charge in [-0.05, 0) is 30.5 Å². The Kier molecular flexibility index (Phi) is 3.68. The lowest BCUT2D eigenvalue weighted by molar-refractivity contribution is 0.493. The average molecular weight is 248 g/mol. The van der Waals surface area contributed by atoms with Gasteiger partial charge in [-0.2, -0.15) is 0 Å². The average Bonchev–Trinajstić information content (AvgIpc) is 2.28. The van der Waals surface area contributed by atoms with Gasteiger partial charge in [-0.3, -0.25) is 4.98 Å². The van der Waals surface area contributed by atoms with Crippen LogP contribution < -0.4 is 0 Å². The molecular weight excluding hydrogens is 230 g/mol. The lowest BCUT2D eigenvalue weighted by Gasteiger charge is -2.25. The molecule has 1 nitrogen and oxygen atoms in total. The molecular formula is C15H18ClN. The predicted octanol–water partition coefficient (Wildman–Crippen LogP) is 4.60. The first kappa shape index (κ1) is 12.4. The monoisotopic (exact) mass is 247 g/mol. The minimum absolute atomic E-state index is 0.126. The summed E-state index contributed by atoms with van der Waals surface area (Å²) in [6.07, 6.45) is 1.88.